The molecular weight excluding hydrogens is 124 g/mol. The zero-order valence-electron chi connectivity index (χ0n) is 6.13. The second kappa shape index (κ2) is 3.65. The molecule has 0 aromatic rings. The van der Waals surface area contributed by atoms with E-state index in [-0.39, 0.29) is 0 Å². The number of allylic oxidation sites excluding steroid dienone is 1. The van der Waals surface area contributed by atoms with Crippen molar-refractivity contribution in [1.82, 2.24) is 0 Å². The minimum atomic E-state index is 0.641. The van der Waals surface area contributed by atoms with E-state index in [4.69, 9.17) is 4.74 Å². The van der Waals surface area contributed by atoms with E-state index in [2.05, 4.69) is 6.58 Å². The van der Waals surface area contributed by atoms with Crippen LogP contribution in [0.5, 0.6) is 0 Å². The molecule has 0 atom stereocenters. The van der Waals surface area contributed by atoms with Gasteiger partial charge in [-0.1, -0.05) is 6.58 Å². The van der Waals surface area contributed by atoms with Crippen molar-refractivity contribution in [2.75, 3.05) is 6.61 Å². The molecule has 0 saturated heterocycles. The molecule has 1 fully saturated rings. The van der Waals surface area contributed by atoms with Crippen LogP contribution in [0.15, 0.2) is 12.3 Å². The third-order valence-corrected chi connectivity index (χ3v) is 1.22. The predicted octanol–water partition coefficient (Wildman–Crippen LogP) is 1.94. The molecule has 1 rings (SSSR count). The van der Waals surface area contributed by atoms with Gasteiger partial charge in [0.1, 0.15) is 0 Å². The Morgan fingerprint density at radius 3 is 2.60 bits per heavy atom. The molecule has 1 aliphatic rings. The molecular formula is C9H11O. The summed E-state index contributed by atoms with van der Waals surface area (Å²) in [5.74, 6) is 1.96. The Kier molecular flexibility index (Phi) is 2.79. The molecule has 0 amide bonds. The maximum Gasteiger partial charge on any atom is 0.0945 e. The average Bonchev–Trinajstić information content (AvgIpc) is 2.34. The fourth-order valence-electron chi connectivity index (χ4n) is 0.717. The van der Waals surface area contributed by atoms with Crippen molar-refractivity contribution in [1.29, 1.82) is 0 Å². The first-order valence-corrected chi connectivity index (χ1v) is 3.28. The highest BCUT2D eigenvalue weighted by Crippen LogP contribution is 2.23. The maximum atomic E-state index is 5.19. The molecule has 0 aromatic heterocycles. The fraction of sp³-hybridized carbons (Fsp3) is 0.222. The second-order valence-electron chi connectivity index (χ2n) is 2.28. The first kappa shape index (κ1) is 7.64. The number of rotatable bonds is 3. The number of hydrogen-bond donors (Lipinski definition) is 0. The van der Waals surface area contributed by atoms with Gasteiger partial charge >= 0.3 is 0 Å². The summed E-state index contributed by atoms with van der Waals surface area (Å²) in [6.45, 7) is 6.12. The number of ether oxygens (including phenoxy) is 1. The Morgan fingerprint density at radius 1 is 1.50 bits per heavy atom. The molecule has 1 saturated carbocycles. The van der Waals surface area contributed by atoms with E-state index >= 15 is 0 Å². The van der Waals surface area contributed by atoms with Crippen LogP contribution in [0.1, 0.15) is 6.92 Å². The summed E-state index contributed by atoms with van der Waals surface area (Å²) < 4.78 is 5.19. The lowest BCUT2D eigenvalue weighted by Gasteiger charge is -2.08. The second-order valence-corrected chi connectivity index (χ2v) is 2.28. The normalized spacial score (nSPS) is 19.3. The average molecular weight is 135 g/mol. The zero-order valence-corrected chi connectivity index (χ0v) is 6.13. The molecule has 0 spiro atoms. The summed E-state index contributed by atoms with van der Waals surface area (Å²) in [6, 6.07) is 0. The van der Waals surface area contributed by atoms with Crippen LogP contribution in [-0.2, 0) is 4.74 Å². The van der Waals surface area contributed by atoms with Crippen LogP contribution < -0.4 is 0 Å². The fourth-order valence-corrected chi connectivity index (χ4v) is 0.717. The van der Waals surface area contributed by atoms with Gasteiger partial charge in [-0.2, -0.15) is 0 Å². The zero-order chi connectivity index (χ0) is 7.40. The Labute approximate surface area is 63.1 Å². The summed E-state index contributed by atoms with van der Waals surface area (Å²) in [6.07, 6.45) is 8.06. The first-order valence-electron chi connectivity index (χ1n) is 3.28. The van der Waals surface area contributed by atoms with Crippen molar-refractivity contribution in [2.45, 2.75) is 6.92 Å². The summed E-state index contributed by atoms with van der Waals surface area (Å²) in [7, 11) is 0. The first-order chi connectivity index (χ1) is 4.79. The van der Waals surface area contributed by atoms with Crippen LogP contribution in [0.25, 0.3) is 0 Å². The van der Waals surface area contributed by atoms with E-state index in [0.29, 0.717) is 6.61 Å². The topological polar surface area (TPSA) is 9.23 Å². The van der Waals surface area contributed by atoms with Gasteiger partial charge in [0, 0.05) is 5.92 Å². The van der Waals surface area contributed by atoms with E-state index < -0.39 is 0 Å². The van der Waals surface area contributed by atoms with Gasteiger partial charge in [0.05, 0.1) is 12.4 Å². The smallest absolute Gasteiger partial charge is 0.0945 e. The Hall–Kier alpha value is -0.460. The van der Waals surface area contributed by atoms with E-state index in [1.165, 1.54) is 5.92 Å². The molecule has 10 heavy (non-hydrogen) atoms. The standard InChI is InChI=1S/C9H11O/c1-8(2)10-7-9-5-3-4-6-9/h3-6H,1,7H2,2H3. The number of hydrogen-bond acceptors (Lipinski definition) is 1. The molecule has 53 valence electrons. The highest BCUT2D eigenvalue weighted by atomic mass is 16.5. The SMILES string of the molecule is C=C(C)OC[C]1[CH][CH][CH][CH]1. The van der Waals surface area contributed by atoms with Gasteiger partial charge in [-0.15, -0.1) is 0 Å². The van der Waals surface area contributed by atoms with E-state index in [9.17, 15) is 0 Å². The van der Waals surface area contributed by atoms with Gasteiger partial charge in [0.2, 0.25) is 0 Å². The van der Waals surface area contributed by atoms with E-state index in [1.807, 2.05) is 32.6 Å². The molecule has 0 aromatic carbocycles. The van der Waals surface area contributed by atoms with Crippen molar-refractivity contribution in [3.8, 4) is 0 Å². The van der Waals surface area contributed by atoms with Crippen LogP contribution in [0.3, 0.4) is 0 Å². The quantitative estimate of drug-likeness (QED) is 0.537. The maximum absolute atomic E-state index is 5.19. The van der Waals surface area contributed by atoms with Crippen LogP contribution in [-0.4, -0.2) is 6.61 Å². The van der Waals surface area contributed by atoms with Gasteiger partial charge in [0.15, 0.2) is 0 Å². The summed E-state index contributed by atoms with van der Waals surface area (Å²) >= 11 is 0. The Balaban J connectivity index is 2.07. The van der Waals surface area contributed by atoms with E-state index in [0.717, 1.165) is 5.76 Å². The van der Waals surface area contributed by atoms with Gasteiger partial charge in [-0.25, -0.2) is 0 Å². The van der Waals surface area contributed by atoms with Crippen molar-refractivity contribution in [3.63, 3.8) is 0 Å². The van der Waals surface area contributed by atoms with Crippen LogP contribution >= 0.6 is 0 Å². The van der Waals surface area contributed by atoms with Crippen molar-refractivity contribution in [2.24, 2.45) is 0 Å². The molecule has 0 N–H and O–H groups in total. The summed E-state index contributed by atoms with van der Waals surface area (Å²) in [5, 5.41) is 0. The lowest BCUT2D eigenvalue weighted by atomic mass is 10.1. The molecule has 0 heterocycles. The van der Waals surface area contributed by atoms with Crippen molar-refractivity contribution >= 4 is 0 Å². The van der Waals surface area contributed by atoms with Crippen LogP contribution in [0.2, 0.25) is 0 Å². The highest BCUT2D eigenvalue weighted by Gasteiger charge is 2.16. The van der Waals surface area contributed by atoms with Gasteiger partial charge in [-0.3, -0.25) is 0 Å². The Morgan fingerprint density at radius 2 is 2.10 bits per heavy atom. The Bertz CT molecular complexity index is 112. The highest BCUT2D eigenvalue weighted by molar-refractivity contribution is 5.35. The predicted molar refractivity (Wildman–Crippen MR) is 41.2 cm³/mol. The van der Waals surface area contributed by atoms with Gasteiger partial charge in [0.25, 0.3) is 0 Å². The van der Waals surface area contributed by atoms with Gasteiger partial charge in [-0.05, 0) is 32.6 Å². The molecule has 5 radical (unpaired) electrons. The lowest BCUT2D eigenvalue weighted by molar-refractivity contribution is 0.233. The van der Waals surface area contributed by atoms with Crippen LogP contribution in [0, 0.1) is 31.6 Å². The minimum Gasteiger partial charge on any atom is -0.498 e. The molecule has 0 bridgehead atoms. The summed E-state index contributed by atoms with van der Waals surface area (Å²) in [5.41, 5.74) is 0. The molecule has 0 aliphatic heterocycles. The molecule has 1 heteroatoms. The third-order valence-electron chi connectivity index (χ3n) is 1.22. The molecule has 0 unspecified atom stereocenters. The lowest BCUT2D eigenvalue weighted by Crippen LogP contribution is -2.02. The molecule has 1 nitrogen and oxygen atoms in total. The van der Waals surface area contributed by atoms with Crippen molar-refractivity contribution in [3.05, 3.63) is 43.9 Å². The van der Waals surface area contributed by atoms with Crippen LogP contribution in [0.4, 0.5) is 0 Å². The van der Waals surface area contributed by atoms with Crippen molar-refractivity contribution < 1.29 is 4.74 Å². The monoisotopic (exact) mass is 135 g/mol. The summed E-state index contributed by atoms with van der Waals surface area (Å²) in [4.78, 5) is 0. The largest absolute Gasteiger partial charge is 0.498 e. The minimum absolute atomic E-state index is 0.641. The van der Waals surface area contributed by atoms with Gasteiger partial charge < -0.3 is 4.74 Å². The van der Waals surface area contributed by atoms with E-state index in [1.54, 1.807) is 0 Å². The molecule has 1 aliphatic carbocycles. The third kappa shape index (κ3) is 2.42.